The van der Waals surface area contributed by atoms with Gasteiger partial charge in [0.15, 0.2) is 0 Å². The molecule has 0 aromatic carbocycles. The zero-order valence-electron chi connectivity index (χ0n) is 10.3. The molecule has 0 radical (unpaired) electrons. The van der Waals surface area contributed by atoms with Gasteiger partial charge in [0.2, 0.25) is 0 Å². The van der Waals surface area contributed by atoms with Gasteiger partial charge in [-0.25, -0.2) is 0 Å². The van der Waals surface area contributed by atoms with Gasteiger partial charge in [-0.1, -0.05) is 27.2 Å². The molecule has 1 saturated carbocycles. The van der Waals surface area contributed by atoms with Crippen LogP contribution in [0.1, 0.15) is 52.9 Å². The molecule has 2 unspecified atom stereocenters. The van der Waals surface area contributed by atoms with Crippen molar-refractivity contribution < 1.29 is 0 Å². The summed E-state index contributed by atoms with van der Waals surface area (Å²) >= 11 is 0. The molecular weight excluding hydrogens is 170 g/mol. The molecule has 1 nitrogen and oxygen atoms in total. The zero-order chi connectivity index (χ0) is 10.4. The number of hydrogen-bond acceptors (Lipinski definition) is 1. The Hall–Kier alpha value is -0.0400. The molecule has 0 aromatic rings. The summed E-state index contributed by atoms with van der Waals surface area (Å²) in [6.45, 7) is 8.61. The second-order valence-corrected chi connectivity index (χ2v) is 6.44. The van der Waals surface area contributed by atoms with Crippen LogP contribution in [-0.2, 0) is 0 Å². The fourth-order valence-electron chi connectivity index (χ4n) is 4.09. The van der Waals surface area contributed by atoms with Crippen LogP contribution in [0.15, 0.2) is 0 Å². The molecule has 14 heavy (non-hydrogen) atoms. The van der Waals surface area contributed by atoms with E-state index in [4.69, 9.17) is 0 Å². The van der Waals surface area contributed by atoms with Gasteiger partial charge >= 0.3 is 0 Å². The van der Waals surface area contributed by atoms with Crippen LogP contribution in [0.5, 0.6) is 0 Å². The van der Waals surface area contributed by atoms with Gasteiger partial charge in [-0.3, -0.25) is 0 Å². The molecule has 2 fully saturated rings. The van der Waals surface area contributed by atoms with Gasteiger partial charge in [-0.05, 0) is 50.6 Å². The number of nitrogens with zero attached hydrogens (tertiary/aromatic N) is 1. The van der Waals surface area contributed by atoms with Crippen LogP contribution in [-0.4, -0.2) is 24.0 Å². The third-order valence-corrected chi connectivity index (χ3v) is 4.66. The predicted octanol–water partition coefficient (Wildman–Crippen LogP) is 3.30. The molecule has 1 aliphatic heterocycles. The van der Waals surface area contributed by atoms with Crippen LogP contribution >= 0.6 is 0 Å². The van der Waals surface area contributed by atoms with Crippen molar-refractivity contribution in [3.63, 3.8) is 0 Å². The summed E-state index contributed by atoms with van der Waals surface area (Å²) in [5, 5.41) is 0. The van der Waals surface area contributed by atoms with E-state index in [2.05, 4.69) is 32.7 Å². The molecule has 1 heteroatoms. The monoisotopic (exact) mass is 195 g/mol. The zero-order valence-corrected chi connectivity index (χ0v) is 10.3. The van der Waals surface area contributed by atoms with Crippen LogP contribution in [0.4, 0.5) is 0 Å². The van der Waals surface area contributed by atoms with E-state index in [0.29, 0.717) is 11.0 Å². The first-order valence-corrected chi connectivity index (χ1v) is 6.18. The van der Waals surface area contributed by atoms with Crippen LogP contribution in [0.25, 0.3) is 0 Å². The average Bonchev–Trinajstić information content (AvgIpc) is 2.61. The third-order valence-electron chi connectivity index (χ3n) is 4.66. The minimum Gasteiger partial charge on any atom is -0.300 e. The van der Waals surface area contributed by atoms with Crippen LogP contribution in [0.2, 0.25) is 0 Å². The lowest BCUT2D eigenvalue weighted by Crippen LogP contribution is -2.48. The van der Waals surface area contributed by atoms with E-state index in [0.717, 1.165) is 5.92 Å². The van der Waals surface area contributed by atoms with Crippen molar-refractivity contribution in [1.29, 1.82) is 0 Å². The Morgan fingerprint density at radius 1 is 1.14 bits per heavy atom. The molecular formula is C13H25N. The molecule has 1 spiro atoms. The highest BCUT2D eigenvalue weighted by Gasteiger charge is 2.51. The first-order valence-electron chi connectivity index (χ1n) is 6.18. The normalized spacial score (nSPS) is 39.9. The largest absolute Gasteiger partial charge is 0.300 e. The fourth-order valence-corrected chi connectivity index (χ4v) is 4.09. The standard InChI is InChI=1S/C13H25N/c1-12(2,3)11-7-5-8-13(11)9-6-10-14(13)4/h11H,5-10H2,1-4H3. The molecule has 1 heterocycles. The molecule has 0 N–H and O–H groups in total. The fraction of sp³-hybridized carbons (Fsp3) is 1.00. The number of hydrogen-bond donors (Lipinski definition) is 0. The van der Waals surface area contributed by atoms with Crippen LogP contribution in [0.3, 0.4) is 0 Å². The van der Waals surface area contributed by atoms with Crippen molar-refractivity contribution in [2.75, 3.05) is 13.6 Å². The summed E-state index contributed by atoms with van der Waals surface area (Å²) < 4.78 is 0. The van der Waals surface area contributed by atoms with Crippen molar-refractivity contribution in [2.24, 2.45) is 11.3 Å². The smallest absolute Gasteiger partial charge is 0.0240 e. The van der Waals surface area contributed by atoms with Crippen molar-refractivity contribution in [3.8, 4) is 0 Å². The summed E-state index contributed by atoms with van der Waals surface area (Å²) in [6, 6.07) is 0. The molecule has 2 rings (SSSR count). The Morgan fingerprint density at radius 3 is 2.29 bits per heavy atom. The topological polar surface area (TPSA) is 3.24 Å². The Labute approximate surface area is 88.9 Å². The first kappa shape index (κ1) is 10.5. The molecule has 0 amide bonds. The van der Waals surface area contributed by atoms with Gasteiger partial charge in [-0.15, -0.1) is 0 Å². The van der Waals surface area contributed by atoms with Crippen LogP contribution < -0.4 is 0 Å². The molecule has 1 saturated heterocycles. The lowest BCUT2D eigenvalue weighted by Gasteiger charge is -2.44. The summed E-state index contributed by atoms with van der Waals surface area (Å²) in [5.41, 5.74) is 1.08. The Bertz CT molecular complexity index is 212. The molecule has 0 bridgehead atoms. The Balaban J connectivity index is 2.25. The van der Waals surface area contributed by atoms with Gasteiger partial charge in [0.25, 0.3) is 0 Å². The first-order chi connectivity index (χ1) is 6.47. The van der Waals surface area contributed by atoms with E-state index in [1.165, 1.54) is 38.6 Å². The minimum absolute atomic E-state index is 0.495. The second-order valence-electron chi connectivity index (χ2n) is 6.44. The maximum atomic E-state index is 2.66. The maximum Gasteiger partial charge on any atom is 0.0240 e. The van der Waals surface area contributed by atoms with Gasteiger partial charge in [0, 0.05) is 5.54 Å². The van der Waals surface area contributed by atoms with E-state index < -0.39 is 0 Å². The maximum absolute atomic E-state index is 2.66. The molecule has 1 aliphatic carbocycles. The summed E-state index contributed by atoms with van der Waals surface area (Å²) in [7, 11) is 2.34. The molecule has 0 aromatic heterocycles. The molecule has 82 valence electrons. The van der Waals surface area contributed by atoms with Gasteiger partial charge in [0.05, 0.1) is 0 Å². The third kappa shape index (κ3) is 1.41. The highest BCUT2D eigenvalue weighted by atomic mass is 15.2. The summed E-state index contributed by atoms with van der Waals surface area (Å²) in [6.07, 6.45) is 7.22. The average molecular weight is 195 g/mol. The van der Waals surface area contributed by atoms with E-state index in [1.807, 2.05) is 0 Å². The highest BCUT2D eigenvalue weighted by Crippen LogP contribution is 2.53. The second kappa shape index (κ2) is 3.23. The van der Waals surface area contributed by atoms with Gasteiger partial charge in [-0.2, -0.15) is 0 Å². The molecule has 2 atom stereocenters. The number of rotatable bonds is 0. The minimum atomic E-state index is 0.495. The Kier molecular flexibility index (Phi) is 2.42. The van der Waals surface area contributed by atoms with Crippen molar-refractivity contribution in [3.05, 3.63) is 0 Å². The quantitative estimate of drug-likeness (QED) is 0.573. The highest BCUT2D eigenvalue weighted by molar-refractivity contribution is 5.06. The SMILES string of the molecule is CN1CCCC12CCCC2C(C)(C)C. The van der Waals surface area contributed by atoms with E-state index in [1.54, 1.807) is 0 Å². The predicted molar refractivity (Wildman–Crippen MR) is 61.4 cm³/mol. The van der Waals surface area contributed by atoms with Crippen molar-refractivity contribution >= 4 is 0 Å². The molecule has 2 aliphatic rings. The lowest BCUT2D eigenvalue weighted by atomic mass is 9.69. The van der Waals surface area contributed by atoms with Crippen LogP contribution in [0, 0.1) is 11.3 Å². The van der Waals surface area contributed by atoms with E-state index in [-0.39, 0.29) is 0 Å². The summed E-state index contributed by atoms with van der Waals surface area (Å²) in [5.74, 6) is 0.919. The van der Waals surface area contributed by atoms with Gasteiger partial charge in [0.1, 0.15) is 0 Å². The van der Waals surface area contributed by atoms with Crippen molar-refractivity contribution in [1.82, 2.24) is 4.90 Å². The van der Waals surface area contributed by atoms with Gasteiger partial charge < -0.3 is 4.90 Å². The van der Waals surface area contributed by atoms with Crippen molar-refractivity contribution in [2.45, 2.75) is 58.4 Å². The summed E-state index contributed by atoms with van der Waals surface area (Å²) in [4.78, 5) is 2.66. The number of likely N-dealkylation sites (tertiary alicyclic amines) is 1. The van der Waals surface area contributed by atoms with E-state index in [9.17, 15) is 0 Å². The Morgan fingerprint density at radius 2 is 1.79 bits per heavy atom. The van der Waals surface area contributed by atoms with E-state index >= 15 is 0 Å². The lowest BCUT2D eigenvalue weighted by molar-refractivity contribution is 0.0541.